The van der Waals surface area contributed by atoms with Crippen molar-refractivity contribution in [2.45, 2.75) is 39.7 Å². The molecule has 0 fully saturated rings. The van der Waals surface area contributed by atoms with Crippen LogP contribution in [0.15, 0.2) is 18.2 Å². The lowest BCUT2D eigenvalue weighted by Crippen LogP contribution is -2.12. The number of hydrogen-bond donors (Lipinski definition) is 1. The normalized spacial score (nSPS) is 11.2. The number of hydrogen-bond acceptors (Lipinski definition) is 2. The first kappa shape index (κ1) is 16.8. The van der Waals surface area contributed by atoms with Gasteiger partial charge in [-0.25, -0.2) is 0 Å². The molecule has 1 heterocycles. The average Bonchev–Trinajstić information content (AvgIpc) is 2.66. The Hall–Kier alpha value is -1.52. The molecule has 1 aromatic heterocycles. The number of carboxylic acids is 1. The highest BCUT2D eigenvalue weighted by atomic mass is 35.5. The van der Waals surface area contributed by atoms with Gasteiger partial charge in [-0.3, -0.25) is 9.48 Å². The zero-order chi connectivity index (χ0) is 16.4. The molecule has 1 N–H and O–H groups in total. The number of rotatable bonds is 5. The first-order chi connectivity index (χ1) is 10.3. The van der Waals surface area contributed by atoms with Gasteiger partial charge in [-0.2, -0.15) is 5.10 Å². The Morgan fingerprint density at radius 1 is 1.27 bits per heavy atom. The Labute approximate surface area is 139 Å². The molecule has 0 aliphatic carbocycles. The van der Waals surface area contributed by atoms with Crippen LogP contribution in [0.4, 0.5) is 0 Å². The summed E-state index contributed by atoms with van der Waals surface area (Å²) >= 11 is 12.1. The Kier molecular flexibility index (Phi) is 5.14. The molecule has 0 aliphatic rings. The Morgan fingerprint density at radius 2 is 1.86 bits per heavy atom. The molecule has 22 heavy (non-hydrogen) atoms. The van der Waals surface area contributed by atoms with E-state index in [1.54, 1.807) is 10.7 Å². The Balaban J connectivity index is 2.44. The third-order valence-corrected chi connectivity index (χ3v) is 3.93. The van der Waals surface area contributed by atoms with Crippen molar-refractivity contribution in [3.8, 4) is 0 Å². The van der Waals surface area contributed by atoms with Crippen molar-refractivity contribution < 1.29 is 9.90 Å². The second-order valence-corrected chi connectivity index (χ2v) is 6.48. The summed E-state index contributed by atoms with van der Waals surface area (Å²) in [6, 6.07) is 5.42. The predicted octanol–water partition coefficient (Wildman–Crippen LogP) is 4.30. The zero-order valence-corrected chi connectivity index (χ0v) is 14.2. The summed E-state index contributed by atoms with van der Waals surface area (Å²) in [6.45, 7) is 5.84. The molecule has 2 aromatic rings. The minimum atomic E-state index is -0.904. The van der Waals surface area contributed by atoms with Crippen LogP contribution in [0.2, 0.25) is 10.0 Å². The highest BCUT2D eigenvalue weighted by Crippen LogP contribution is 2.27. The van der Waals surface area contributed by atoms with Crippen molar-refractivity contribution in [3.05, 3.63) is 50.8 Å². The molecule has 0 saturated carbocycles. The van der Waals surface area contributed by atoms with Crippen LogP contribution < -0.4 is 0 Å². The van der Waals surface area contributed by atoms with Crippen molar-refractivity contribution in [2.24, 2.45) is 0 Å². The summed E-state index contributed by atoms with van der Waals surface area (Å²) < 4.78 is 1.54. The van der Waals surface area contributed by atoms with Crippen molar-refractivity contribution in [1.29, 1.82) is 0 Å². The standard InChI is InChI=1S/C16H18Cl2N2O2/c1-9(2)16-14(10(3)20(19-16)8-15(21)22)6-11-4-12(17)7-13(18)5-11/h4-5,7,9H,6,8H2,1-3H3,(H,21,22). The van der Waals surface area contributed by atoms with Crippen molar-refractivity contribution in [3.63, 3.8) is 0 Å². The van der Waals surface area contributed by atoms with E-state index in [1.165, 1.54) is 0 Å². The number of aliphatic carboxylic acids is 1. The van der Waals surface area contributed by atoms with Crippen LogP contribution in [0.1, 0.15) is 42.3 Å². The van der Waals surface area contributed by atoms with E-state index in [0.29, 0.717) is 16.5 Å². The van der Waals surface area contributed by atoms with Crippen LogP contribution in [0.3, 0.4) is 0 Å². The SMILES string of the molecule is Cc1c(Cc2cc(Cl)cc(Cl)c2)c(C(C)C)nn1CC(=O)O. The molecule has 0 bridgehead atoms. The van der Waals surface area contributed by atoms with Crippen LogP contribution in [-0.4, -0.2) is 20.9 Å². The van der Waals surface area contributed by atoms with Crippen LogP contribution in [0, 0.1) is 6.92 Å². The van der Waals surface area contributed by atoms with Gasteiger partial charge in [-0.05, 0) is 36.6 Å². The summed E-state index contributed by atoms with van der Waals surface area (Å²) in [5.41, 5.74) is 3.80. The average molecular weight is 341 g/mol. The number of benzene rings is 1. The summed E-state index contributed by atoms with van der Waals surface area (Å²) in [5, 5.41) is 14.6. The molecule has 0 radical (unpaired) electrons. The molecule has 2 rings (SSSR count). The number of nitrogens with zero attached hydrogens (tertiary/aromatic N) is 2. The number of carboxylic acid groups (broad SMARTS) is 1. The molecule has 6 heteroatoms. The maximum atomic E-state index is 11.0. The van der Waals surface area contributed by atoms with Gasteiger partial charge in [0.15, 0.2) is 0 Å². The molecule has 0 aliphatic heterocycles. The maximum absolute atomic E-state index is 11.0. The highest BCUT2D eigenvalue weighted by molar-refractivity contribution is 6.34. The fourth-order valence-corrected chi connectivity index (χ4v) is 3.06. The second kappa shape index (κ2) is 6.71. The van der Waals surface area contributed by atoms with E-state index in [2.05, 4.69) is 5.10 Å². The Morgan fingerprint density at radius 3 is 2.36 bits per heavy atom. The molecule has 0 atom stereocenters. The molecule has 1 aromatic carbocycles. The molecular formula is C16H18Cl2N2O2. The third-order valence-electron chi connectivity index (χ3n) is 3.50. The Bertz CT molecular complexity index is 688. The van der Waals surface area contributed by atoms with Crippen LogP contribution in [0.5, 0.6) is 0 Å². The van der Waals surface area contributed by atoms with Crippen LogP contribution in [0.25, 0.3) is 0 Å². The van der Waals surface area contributed by atoms with Gasteiger partial charge in [0.25, 0.3) is 0 Å². The zero-order valence-electron chi connectivity index (χ0n) is 12.7. The third kappa shape index (κ3) is 3.81. The van der Waals surface area contributed by atoms with Gasteiger partial charge in [0.05, 0.1) is 5.69 Å². The lowest BCUT2D eigenvalue weighted by molar-refractivity contribution is -0.137. The summed E-state index contributed by atoms with van der Waals surface area (Å²) in [7, 11) is 0. The molecular weight excluding hydrogens is 323 g/mol. The number of aromatic nitrogens is 2. The van der Waals surface area contributed by atoms with Crippen molar-refractivity contribution in [1.82, 2.24) is 9.78 Å². The summed E-state index contributed by atoms with van der Waals surface area (Å²) in [4.78, 5) is 11.0. The molecule has 0 saturated heterocycles. The predicted molar refractivity (Wildman–Crippen MR) is 88.0 cm³/mol. The van der Waals surface area contributed by atoms with Gasteiger partial charge >= 0.3 is 5.97 Å². The largest absolute Gasteiger partial charge is 0.480 e. The highest BCUT2D eigenvalue weighted by Gasteiger charge is 2.19. The number of halogens is 2. The van der Waals surface area contributed by atoms with Crippen molar-refractivity contribution in [2.75, 3.05) is 0 Å². The smallest absolute Gasteiger partial charge is 0.325 e. The lowest BCUT2D eigenvalue weighted by Gasteiger charge is -2.08. The van der Waals surface area contributed by atoms with Gasteiger partial charge < -0.3 is 5.11 Å². The fraction of sp³-hybridized carbons (Fsp3) is 0.375. The van der Waals surface area contributed by atoms with Crippen LogP contribution >= 0.6 is 23.2 Å². The topological polar surface area (TPSA) is 55.1 Å². The fourth-order valence-electron chi connectivity index (χ4n) is 2.49. The minimum Gasteiger partial charge on any atom is -0.480 e. The van der Waals surface area contributed by atoms with Gasteiger partial charge in [-0.1, -0.05) is 37.0 Å². The molecule has 4 nitrogen and oxygen atoms in total. The quantitative estimate of drug-likeness (QED) is 0.882. The first-order valence-electron chi connectivity index (χ1n) is 7.01. The van der Waals surface area contributed by atoms with E-state index in [-0.39, 0.29) is 12.5 Å². The van der Waals surface area contributed by atoms with Gasteiger partial charge in [0, 0.05) is 27.7 Å². The molecule has 118 valence electrons. The number of carbonyl (C=O) groups is 1. The molecule has 0 unspecified atom stereocenters. The minimum absolute atomic E-state index is 0.137. The van der Waals surface area contributed by atoms with E-state index in [9.17, 15) is 4.79 Å². The van der Waals surface area contributed by atoms with Crippen molar-refractivity contribution >= 4 is 29.2 Å². The molecule has 0 spiro atoms. The van der Waals surface area contributed by atoms with E-state index in [4.69, 9.17) is 28.3 Å². The van der Waals surface area contributed by atoms with Crippen LogP contribution in [-0.2, 0) is 17.8 Å². The first-order valence-corrected chi connectivity index (χ1v) is 7.76. The molecule has 0 amide bonds. The van der Waals surface area contributed by atoms with E-state index < -0.39 is 5.97 Å². The van der Waals surface area contributed by atoms with Gasteiger partial charge in [0.2, 0.25) is 0 Å². The van der Waals surface area contributed by atoms with E-state index in [1.807, 2.05) is 32.9 Å². The van der Waals surface area contributed by atoms with E-state index >= 15 is 0 Å². The second-order valence-electron chi connectivity index (χ2n) is 5.61. The van der Waals surface area contributed by atoms with Gasteiger partial charge in [0.1, 0.15) is 6.54 Å². The van der Waals surface area contributed by atoms with Gasteiger partial charge in [-0.15, -0.1) is 0 Å². The van der Waals surface area contributed by atoms with E-state index in [0.717, 1.165) is 22.5 Å². The maximum Gasteiger partial charge on any atom is 0.325 e. The monoisotopic (exact) mass is 340 g/mol. The summed E-state index contributed by atoms with van der Waals surface area (Å²) in [5.74, 6) is -0.698. The summed E-state index contributed by atoms with van der Waals surface area (Å²) in [6.07, 6.45) is 0.624. The lowest BCUT2D eigenvalue weighted by atomic mass is 9.98.